The van der Waals surface area contributed by atoms with E-state index in [-0.39, 0.29) is 17.7 Å². The van der Waals surface area contributed by atoms with Crippen LogP contribution in [0, 0.1) is 26.7 Å². The summed E-state index contributed by atoms with van der Waals surface area (Å²) >= 11 is 0. The van der Waals surface area contributed by atoms with Crippen LogP contribution in [0.5, 0.6) is 0 Å². The van der Waals surface area contributed by atoms with Crippen LogP contribution >= 0.6 is 0 Å². The summed E-state index contributed by atoms with van der Waals surface area (Å²) in [6.07, 6.45) is 1.62. The highest BCUT2D eigenvalue weighted by Gasteiger charge is 2.29. The van der Waals surface area contributed by atoms with Gasteiger partial charge in [0.05, 0.1) is 5.92 Å². The van der Waals surface area contributed by atoms with Gasteiger partial charge < -0.3 is 10.2 Å². The smallest absolute Gasteiger partial charge is 0.254 e. The minimum atomic E-state index is -0.208. The average Bonchev–Trinajstić information content (AvgIpc) is 2.63. The Balaban J connectivity index is 1.69. The van der Waals surface area contributed by atoms with Gasteiger partial charge in [-0.1, -0.05) is 18.2 Å². The third-order valence-electron chi connectivity index (χ3n) is 5.05. The van der Waals surface area contributed by atoms with E-state index in [1.165, 1.54) is 0 Å². The Morgan fingerprint density at radius 3 is 2.65 bits per heavy atom. The van der Waals surface area contributed by atoms with Crippen LogP contribution in [0.15, 0.2) is 36.4 Å². The summed E-state index contributed by atoms with van der Waals surface area (Å²) in [6, 6.07) is 11.3. The first kappa shape index (κ1) is 18.1. The number of rotatable bonds is 3. The number of pyridine rings is 1. The number of hydrogen-bond acceptors (Lipinski definition) is 3. The summed E-state index contributed by atoms with van der Waals surface area (Å²) in [5.41, 5.74) is 3.70. The molecule has 1 aromatic heterocycles. The average molecular weight is 351 g/mol. The molecule has 1 N–H and O–H groups in total. The number of anilines is 1. The highest BCUT2D eigenvalue weighted by atomic mass is 16.2. The molecule has 1 aliphatic heterocycles. The summed E-state index contributed by atoms with van der Waals surface area (Å²) < 4.78 is 0. The van der Waals surface area contributed by atoms with E-state index < -0.39 is 0 Å². The molecular weight excluding hydrogens is 326 g/mol. The maximum absolute atomic E-state index is 12.9. The predicted molar refractivity (Wildman–Crippen MR) is 102 cm³/mol. The Labute approximate surface area is 154 Å². The maximum Gasteiger partial charge on any atom is 0.254 e. The van der Waals surface area contributed by atoms with Gasteiger partial charge in [-0.3, -0.25) is 9.59 Å². The first-order valence-corrected chi connectivity index (χ1v) is 9.05. The Morgan fingerprint density at radius 1 is 1.12 bits per heavy atom. The van der Waals surface area contributed by atoms with Gasteiger partial charge in [0.15, 0.2) is 0 Å². The van der Waals surface area contributed by atoms with Crippen molar-refractivity contribution in [3.8, 4) is 0 Å². The first-order chi connectivity index (χ1) is 12.5. The van der Waals surface area contributed by atoms with Crippen LogP contribution in [0.4, 0.5) is 5.82 Å². The molecule has 2 amide bonds. The quantitative estimate of drug-likeness (QED) is 0.921. The van der Waals surface area contributed by atoms with Gasteiger partial charge >= 0.3 is 0 Å². The minimum absolute atomic E-state index is 0.0115. The molecule has 0 bridgehead atoms. The first-order valence-electron chi connectivity index (χ1n) is 9.05. The van der Waals surface area contributed by atoms with E-state index in [1.54, 1.807) is 11.0 Å². The van der Waals surface area contributed by atoms with E-state index in [1.807, 2.05) is 51.1 Å². The van der Waals surface area contributed by atoms with E-state index in [0.29, 0.717) is 18.9 Å². The monoisotopic (exact) mass is 351 g/mol. The lowest BCUT2D eigenvalue weighted by Crippen LogP contribution is -2.44. The van der Waals surface area contributed by atoms with E-state index in [0.717, 1.165) is 35.2 Å². The van der Waals surface area contributed by atoms with Crippen LogP contribution in [0.2, 0.25) is 0 Å². The minimum Gasteiger partial charge on any atom is -0.338 e. The molecule has 3 rings (SSSR count). The second-order valence-corrected chi connectivity index (χ2v) is 6.99. The van der Waals surface area contributed by atoms with Gasteiger partial charge in [-0.05, 0) is 62.9 Å². The molecule has 1 aromatic carbocycles. The van der Waals surface area contributed by atoms with Crippen molar-refractivity contribution >= 4 is 17.6 Å². The van der Waals surface area contributed by atoms with Crippen LogP contribution in [0.3, 0.4) is 0 Å². The molecule has 0 radical (unpaired) electrons. The standard InChI is InChI=1S/C21H25N3O2/c1-14-7-4-10-18(16(14)3)21(26)24-12-6-9-17(13-24)20(25)23-19-11-5-8-15(2)22-19/h4-5,7-8,10-11,17H,6,9,12-13H2,1-3H3,(H,22,23,25). The summed E-state index contributed by atoms with van der Waals surface area (Å²) in [5, 5.41) is 2.88. The van der Waals surface area contributed by atoms with Gasteiger partial charge in [0.25, 0.3) is 5.91 Å². The van der Waals surface area contributed by atoms with Gasteiger partial charge in [0.1, 0.15) is 5.82 Å². The molecule has 2 aromatic rings. The topological polar surface area (TPSA) is 62.3 Å². The summed E-state index contributed by atoms with van der Waals surface area (Å²) in [6.45, 7) is 7.01. The van der Waals surface area contributed by atoms with Crippen LogP contribution in [0.1, 0.15) is 40.0 Å². The SMILES string of the molecule is Cc1cccc(NC(=O)C2CCCN(C(=O)c3cccc(C)c3C)C2)n1. The number of likely N-dealkylation sites (tertiary alicyclic amines) is 1. The zero-order chi connectivity index (χ0) is 18.7. The lowest BCUT2D eigenvalue weighted by Gasteiger charge is -2.32. The fourth-order valence-corrected chi connectivity index (χ4v) is 3.37. The number of amides is 2. The molecule has 1 saturated heterocycles. The highest BCUT2D eigenvalue weighted by Crippen LogP contribution is 2.22. The normalized spacial score (nSPS) is 17.0. The van der Waals surface area contributed by atoms with Crippen molar-refractivity contribution in [3.05, 3.63) is 58.8 Å². The van der Waals surface area contributed by atoms with Gasteiger partial charge in [-0.25, -0.2) is 4.98 Å². The molecule has 26 heavy (non-hydrogen) atoms. The summed E-state index contributed by atoms with van der Waals surface area (Å²) in [5.74, 6) is 0.298. The van der Waals surface area contributed by atoms with Crippen molar-refractivity contribution in [2.45, 2.75) is 33.6 Å². The van der Waals surface area contributed by atoms with Crippen LogP contribution < -0.4 is 5.32 Å². The molecule has 1 unspecified atom stereocenters. The van der Waals surface area contributed by atoms with Crippen molar-refractivity contribution in [3.63, 3.8) is 0 Å². The van der Waals surface area contributed by atoms with Gasteiger partial charge in [0.2, 0.25) is 5.91 Å². The predicted octanol–water partition coefficient (Wildman–Crippen LogP) is 3.50. The fraction of sp³-hybridized carbons (Fsp3) is 0.381. The molecule has 1 aliphatic rings. The number of nitrogens with one attached hydrogen (secondary N) is 1. The molecule has 5 nitrogen and oxygen atoms in total. The number of carbonyl (C=O) groups is 2. The van der Waals surface area contributed by atoms with E-state index >= 15 is 0 Å². The molecule has 5 heteroatoms. The molecule has 0 aliphatic carbocycles. The number of aromatic nitrogens is 1. The Morgan fingerprint density at radius 2 is 1.88 bits per heavy atom. The molecule has 2 heterocycles. The number of hydrogen-bond donors (Lipinski definition) is 1. The van der Waals surface area contributed by atoms with Gasteiger partial charge in [0, 0.05) is 24.3 Å². The summed E-state index contributed by atoms with van der Waals surface area (Å²) in [7, 11) is 0. The number of aryl methyl sites for hydroxylation is 2. The fourth-order valence-electron chi connectivity index (χ4n) is 3.37. The van der Waals surface area contributed by atoms with Gasteiger partial charge in [-0.15, -0.1) is 0 Å². The second-order valence-electron chi connectivity index (χ2n) is 6.99. The largest absolute Gasteiger partial charge is 0.338 e. The van der Waals surface area contributed by atoms with Gasteiger partial charge in [-0.2, -0.15) is 0 Å². The number of nitrogens with zero attached hydrogens (tertiary/aromatic N) is 2. The van der Waals surface area contributed by atoms with Crippen molar-refractivity contribution in [2.75, 3.05) is 18.4 Å². The Bertz CT molecular complexity index is 832. The number of carbonyl (C=O) groups excluding carboxylic acids is 2. The number of piperidine rings is 1. The molecule has 136 valence electrons. The molecule has 1 fully saturated rings. The lowest BCUT2D eigenvalue weighted by molar-refractivity contribution is -0.121. The van der Waals surface area contributed by atoms with Crippen molar-refractivity contribution in [1.82, 2.24) is 9.88 Å². The maximum atomic E-state index is 12.9. The van der Waals surface area contributed by atoms with Crippen LogP contribution in [0.25, 0.3) is 0 Å². The van der Waals surface area contributed by atoms with E-state index in [9.17, 15) is 9.59 Å². The van der Waals surface area contributed by atoms with Crippen molar-refractivity contribution < 1.29 is 9.59 Å². The Kier molecular flexibility index (Phi) is 5.35. The second kappa shape index (κ2) is 7.68. The zero-order valence-corrected chi connectivity index (χ0v) is 15.6. The molecule has 0 saturated carbocycles. The van der Waals surface area contributed by atoms with Crippen LogP contribution in [-0.2, 0) is 4.79 Å². The third kappa shape index (κ3) is 3.93. The zero-order valence-electron chi connectivity index (χ0n) is 15.6. The number of benzene rings is 1. The summed E-state index contributed by atoms with van der Waals surface area (Å²) in [4.78, 5) is 31.7. The van der Waals surface area contributed by atoms with Crippen molar-refractivity contribution in [1.29, 1.82) is 0 Å². The lowest BCUT2D eigenvalue weighted by atomic mass is 9.95. The highest BCUT2D eigenvalue weighted by molar-refractivity contribution is 5.97. The van der Waals surface area contributed by atoms with Crippen LogP contribution in [-0.4, -0.2) is 34.8 Å². The Hall–Kier alpha value is -2.69. The van der Waals surface area contributed by atoms with E-state index in [2.05, 4.69) is 10.3 Å². The molecule has 1 atom stereocenters. The van der Waals surface area contributed by atoms with Crippen molar-refractivity contribution in [2.24, 2.45) is 5.92 Å². The third-order valence-corrected chi connectivity index (χ3v) is 5.05. The molecule has 0 spiro atoms. The molecular formula is C21H25N3O2. The van der Waals surface area contributed by atoms with E-state index in [4.69, 9.17) is 0 Å².